The fourth-order valence-corrected chi connectivity index (χ4v) is 5.13. The number of nitrogens with zero attached hydrogens (tertiary/aromatic N) is 1. The zero-order valence-corrected chi connectivity index (χ0v) is 17.2. The van der Waals surface area contributed by atoms with Crippen molar-refractivity contribution in [2.75, 3.05) is 31.3 Å². The van der Waals surface area contributed by atoms with Gasteiger partial charge in [-0.2, -0.15) is 13.2 Å². The van der Waals surface area contributed by atoms with E-state index in [0.29, 0.717) is 0 Å². The SMILES string of the molecule is CCOC(=O)C(=O)N1CC(P(=O)(OCC)OCC)Cc2cc(C(F)(F)F)ccc21. The quantitative estimate of drug-likeness (QED) is 0.383. The Kier molecular flexibility index (Phi) is 7.48. The Hall–Kier alpha value is -1.90. The van der Waals surface area contributed by atoms with E-state index < -0.39 is 36.9 Å². The Balaban J connectivity index is 2.53. The largest absolute Gasteiger partial charge is 0.459 e. The molecule has 7 nitrogen and oxygen atoms in total. The van der Waals surface area contributed by atoms with Gasteiger partial charge in [-0.25, -0.2) is 4.79 Å². The van der Waals surface area contributed by atoms with E-state index in [1.54, 1.807) is 13.8 Å². The summed E-state index contributed by atoms with van der Waals surface area (Å²) in [6, 6.07) is 2.84. The van der Waals surface area contributed by atoms with Crippen LogP contribution >= 0.6 is 7.60 Å². The summed E-state index contributed by atoms with van der Waals surface area (Å²) in [5.41, 5.74) is -1.60. The summed E-state index contributed by atoms with van der Waals surface area (Å²) < 4.78 is 68.0. The van der Waals surface area contributed by atoms with Crippen LogP contribution in [-0.4, -0.2) is 43.9 Å². The second-order valence-corrected chi connectivity index (χ2v) is 8.54. The van der Waals surface area contributed by atoms with Crippen molar-refractivity contribution >= 4 is 25.2 Å². The molecule has 0 radical (unpaired) electrons. The number of benzene rings is 1. The molecule has 29 heavy (non-hydrogen) atoms. The average molecular weight is 437 g/mol. The first kappa shape index (κ1) is 23.4. The van der Waals surface area contributed by atoms with E-state index in [2.05, 4.69) is 0 Å². The maximum atomic E-state index is 13.2. The van der Waals surface area contributed by atoms with Crippen molar-refractivity contribution in [2.24, 2.45) is 0 Å². The molecule has 1 atom stereocenters. The first-order valence-corrected chi connectivity index (χ1v) is 10.8. The van der Waals surface area contributed by atoms with Gasteiger partial charge in [-0.05, 0) is 51.0 Å². The van der Waals surface area contributed by atoms with Crippen LogP contribution in [0.3, 0.4) is 0 Å². The molecule has 0 saturated carbocycles. The van der Waals surface area contributed by atoms with E-state index in [-0.39, 0.29) is 44.0 Å². The Morgan fingerprint density at radius 3 is 2.28 bits per heavy atom. The normalized spacial score (nSPS) is 17.0. The molecule has 1 aliphatic rings. The minimum Gasteiger partial charge on any atom is -0.459 e. The molecule has 1 aromatic carbocycles. The van der Waals surface area contributed by atoms with E-state index in [4.69, 9.17) is 13.8 Å². The molecule has 1 aliphatic heterocycles. The van der Waals surface area contributed by atoms with Crippen LogP contribution in [0.5, 0.6) is 0 Å². The average Bonchev–Trinajstić information content (AvgIpc) is 2.66. The van der Waals surface area contributed by atoms with E-state index in [0.717, 1.165) is 23.1 Å². The summed E-state index contributed by atoms with van der Waals surface area (Å²) in [7, 11) is -3.76. The summed E-state index contributed by atoms with van der Waals surface area (Å²) in [5.74, 6) is -2.21. The van der Waals surface area contributed by atoms with Crippen LogP contribution < -0.4 is 4.90 Å². The summed E-state index contributed by atoms with van der Waals surface area (Å²) in [6.45, 7) is 4.57. The number of hydrogen-bond donors (Lipinski definition) is 0. The fraction of sp³-hybridized carbons (Fsp3) is 0.556. The van der Waals surface area contributed by atoms with Gasteiger partial charge in [0, 0.05) is 12.2 Å². The highest BCUT2D eigenvalue weighted by Crippen LogP contribution is 2.56. The number of fused-ring (bicyclic) bond motifs is 1. The van der Waals surface area contributed by atoms with Crippen LogP contribution in [0.1, 0.15) is 31.9 Å². The van der Waals surface area contributed by atoms with Gasteiger partial charge >= 0.3 is 25.6 Å². The van der Waals surface area contributed by atoms with Crippen molar-refractivity contribution in [3.8, 4) is 0 Å². The molecule has 0 bridgehead atoms. The lowest BCUT2D eigenvalue weighted by Crippen LogP contribution is -2.46. The van der Waals surface area contributed by atoms with Gasteiger partial charge in [-0.15, -0.1) is 0 Å². The second-order valence-electron chi connectivity index (χ2n) is 6.21. The smallest absolute Gasteiger partial charge is 0.416 e. The summed E-state index contributed by atoms with van der Waals surface area (Å²) in [6.07, 6.45) is -4.66. The molecule has 0 aliphatic carbocycles. The first-order valence-electron chi connectivity index (χ1n) is 9.14. The van der Waals surface area contributed by atoms with Crippen LogP contribution in [0.15, 0.2) is 18.2 Å². The number of anilines is 1. The van der Waals surface area contributed by atoms with Gasteiger partial charge in [0.1, 0.15) is 0 Å². The molecule has 1 heterocycles. The van der Waals surface area contributed by atoms with Gasteiger partial charge in [0.25, 0.3) is 0 Å². The zero-order valence-electron chi connectivity index (χ0n) is 16.3. The Bertz CT molecular complexity index is 803. The van der Waals surface area contributed by atoms with E-state index >= 15 is 0 Å². The predicted octanol–water partition coefficient (Wildman–Crippen LogP) is 3.79. The maximum Gasteiger partial charge on any atom is 0.416 e. The molecule has 0 saturated heterocycles. The Morgan fingerprint density at radius 2 is 1.76 bits per heavy atom. The summed E-state index contributed by atoms with van der Waals surface area (Å²) in [5, 5.41) is 0. The fourth-order valence-electron chi connectivity index (χ4n) is 3.13. The molecular weight excluding hydrogens is 414 g/mol. The lowest BCUT2D eigenvalue weighted by molar-refractivity contribution is -0.153. The third kappa shape index (κ3) is 5.18. The molecule has 0 N–H and O–H groups in total. The standard InChI is InChI=1S/C18H23F3NO6P/c1-4-26-17(24)16(23)22-11-14(29(25,27-5-2)28-6-3)10-12-9-13(18(19,20)21)7-8-15(12)22/h7-9,14H,4-6,10-11H2,1-3H3. The first-order chi connectivity index (χ1) is 13.6. The van der Waals surface area contributed by atoms with Crippen molar-refractivity contribution in [1.82, 2.24) is 0 Å². The van der Waals surface area contributed by atoms with Crippen molar-refractivity contribution in [3.05, 3.63) is 29.3 Å². The van der Waals surface area contributed by atoms with Crippen molar-refractivity contribution < 1.29 is 41.1 Å². The van der Waals surface area contributed by atoms with Crippen LogP contribution in [0, 0.1) is 0 Å². The Labute approximate surface area is 166 Å². The lowest BCUT2D eigenvalue weighted by atomic mass is 9.98. The molecule has 2 rings (SSSR count). The van der Waals surface area contributed by atoms with Crippen molar-refractivity contribution in [2.45, 2.75) is 39.0 Å². The van der Waals surface area contributed by atoms with Crippen LogP contribution in [-0.2, 0) is 40.5 Å². The van der Waals surface area contributed by atoms with Crippen LogP contribution in [0.4, 0.5) is 18.9 Å². The minimum atomic E-state index is -4.60. The van der Waals surface area contributed by atoms with E-state index in [1.807, 2.05) is 0 Å². The highest BCUT2D eigenvalue weighted by atomic mass is 31.2. The third-order valence-electron chi connectivity index (χ3n) is 4.31. The van der Waals surface area contributed by atoms with Gasteiger partial charge in [0.15, 0.2) is 0 Å². The zero-order chi connectivity index (χ0) is 21.8. The highest BCUT2D eigenvalue weighted by molar-refractivity contribution is 7.54. The lowest BCUT2D eigenvalue weighted by Gasteiger charge is -2.36. The van der Waals surface area contributed by atoms with Gasteiger partial charge in [-0.1, -0.05) is 0 Å². The number of esters is 1. The molecule has 1 amide bonds. The molecule has 0 fully saturated rings. The predicted molar refractivity (Wildman–Crippen MR) is 98.8 cm³/mol. The monoisotopic (exact) mass is 437 g/mol. The molecule has 1 aromatic rings. The molecule has 11 heteroatoms. The van der Waals surface area contributed by atoms with E-state index in [9.17, 15) is 27.3 Å². The minimum absolute atomic E-state index is 0.0436. The number of carbonyl (C=O) groups is 2. The van der Waals surface area contributed by atoms with Gasteiger partial charge in [0.2, 0.25) is 0 Å². The third-order valence-corrected chi connectivity index (χ3v) is 6.78. The van der Waals surface area contributed by atoms with Gasteiger partial charge in [-0.3, -0.25) is 9.36 Å². The number of rotatable bonds is 6. The Morgan fingerprint density at radius 1 is 1.14 bits per heavy atom. The highest BCUT2D eigenvalue weighted by Gasteiger charge is 2.44. The summed E-state index contributed by atoms with van der Waals surface area (Å²) >= 11 is 0. The number of carbonyl (C=O) groups excluding carboxylic acids is 2. The molecule has 1 unspecified atom stereocenters. The summed E-state index contributed by atoms with van der Waals surface area (Å²) in [4.78, 5) is 25.5. The molecule has 162 valence electrons. The van der Waals surface area contributed by atoms with Gasteiger partial charge in [0.05, 0.1) is 31.0 Å². The number of hydrogen-bond acceptors (Lipinski definition) is 6. The number of alkyl halides is 3. The van der Waals surface area contributed by atoms with Crippen molar-refractivity contribution in [3.63, 3.8) is 0 Å². The molecule has 0 aromatic heterocycles. The van der Waals surface area contributed by atoms with Crippen LogP contribution in [0.2, 0.25) is 0 Å². The second kappa shape index (κ2) is 9.28. The maximum absolute atomic E-state index is 13.2. The number of amides is 1. The molecular formula is C18H23F3NO6P. The number of halogens is 3. The van der Waals surface area contributed by atoms with Crippen LogP contribution in [0.25, 0.3) is 0 Å². The van der Waals surface area contributed by atoms with Crippen molar-refractivity contribution in [1.29, 1.82) is 0 Å². The van der Waals surface area contributed by atoms with E-state index in [1.165, 1.54) is 6.92 Å². The number of ether oxygens (including phenoxy) is 1. The topological polar surface area (TPSA) is 82.1 Å². The van der Waals surface area contributed by atoms with Gasteiger partial charge < -0.3 is 18.7 Å². The molecule has 0 spiro atoms.